The van der Waals surface area contributed by atoms with Crippen LogP contribution in [0.25, 0.3) is 0 Å². The van der Waals surface area contributed by atoms with E-state index in [2.05, 4.69) is 25.9 Å². The molecule has 32 heavy (non-hydrogen) atoms. The molecule has 7 nitrogen and oxygen atoms in total. The van der Waals surface area contributed by atoms with E-state index < -0.39 is 11.5 Å². The van der Waals surface area contributed by atoms with Gasteiger partial charge in [-0.1, -0.05) is 0 Å². The van der Waals surface area contributed by atoms with Crippen LogP contribution in [0.5, 0.6) is 0 Å². The average Bonchev–Trinajstić information content (AvgIpc) is 2.69. The molecule has 3 aromatic rings. The zero-order valence-corrected chi connectivity index (χ0v) is 18.3. The molecule has 2 amide bonds. The van der Waals surface area contributed by atoms with Crippen LogP contribution in [0.4, 0.5) is 46.7 Å². The topological polar surface area (TPSA) is 82.2 Å². The van der Waals surface area contributed by atoms with Gasteiger partial charge in [0, 0.05) is 42.1 Å². The fourth-order valence-electron chi connectivity index (χ4n) is 2.66. The molecule has 0 saturated heterocycles. The Labute approximate surface area is 187 Å². The molecule has 3 rings (SSSR count). The second kappa shape index (κ2) is 9.77. The molecule has 0 unspecified atom stereocenters. The predicted octanol–water partition coefficient (Wildman–Crippen LogP) is 5.85. The van der Waals surface area contributed by atoms with Crippen LogP contribution in [-0.2, 0) is 0 Å². The average molecular weight is 463 g/mol. The highest BCUT2D eigenvalue weighted by Gasteiger charge is 2.29. The summed E-state index contributed by atoms with van der Waals surface area (Å²) in [4.78, 5) is 22.8. The van der Waals surface area contributed by atoms with Crippen molar-refractivity contribution in [2.75, 3.05) is 34.9 Å². The summed E-state index contributed by atoms with van der Waals surface area (Å²) in [7, 11) is 3.79. The highest BCUT2D eigenvalue weighted by molar-refractivity contribution is 8.00. The molecular weight excluding hydrogens is 441 g/mol. The largest absolute Gasteiger partial charge is 0.446 e. The molecule has 0 saturated carbocycles. The fraction of sp³-hybridized carbons (Fsp3) is 0.190. The second-order valence-electron chi connectivity index (χ2n) is 6.91. The molecule has 3 N–H and O–H groups in total. The van der Waals surface area contributed by atoms with E-state index >= 15 is 0 Å². The number of hydrogen-bond donors (Lipinski definition) is 3. The number of hydrogen-bond acceptors (Lipinski definition) is 6. The van der Waals surface area contributed by atoms with E-state index in [1.165, 1.54) is 24.3 Å². The third-order valence-electron chi connectivity index (χ3n) is 4.04. The minimum absolute atomic E-state index is 0.0446. The molecule has 0 bridgehead atoms. The molecule has 0 aliphatic rings. The number of rotatable bonds is 6. The molecule has 0 spiro atoms. The number of urea groups is 1. The van der Waals surface area contributed by atoms with E-state index in [0.29, 0.717) is 23.0 Å². The first-order chi connectivity index (χ1) is 15.1. The van der Waals surface area contributed by atoms with E-state index in [9.17, 15) is 18.0 Å². The number of anilines is 5. The van der Waals surface area contributed by atoms with Gasteiger partial charge in [0.1, 0.15) is 17.5 Å². The standard InChI is InChI=1S/C21H21F3N6OS/c1-13-25-18(12-19(26-13)30(2)3)27-14-4-6-15(7-5-14)28-20(31)29-16-8-10-17(11-9-16)32-21(22,23)24/h4-12H,1-3H3,(H,25,26,27)(H2,28,29,31). The number of benzene rings is 2. The third-order valence-corrected chi connectivity index (χ3v) is 4.78. The molecule has 0 fully saturated rings. The van der Waals surface area contributed by atoms with Crippen LogP contribution in [-0.4, -0.2) is 35.6 Å². The van der Waals surface area contributed by atoms with E-state index in [1.807, 2.05) is 32.0 Å². The molecular formula is C21H21F3N6OS. The number of halogens is 3. The van der Waals surface area contributed by atoms with Crippen molar-refractivity contribution in [3.63, 3.8) is 0 Å². The zero-order valence-electron chi connectivity index (χ0n) is 17.5. The lowest BCUT2D eigenvalue weighted by Crippen LogP contribution is -2.19. The molecule has 2 aromatic carbocycles. The van der Waals surface area contributed by atoms with Crippen molar-refractivity contribution < 1.29 is 18.0 Å². The molecule has 0 radical (unpaired) electrons. The summed E-state index contributed by atoms with van der Waals surface area (Å²) in [6.07, 6.45) is 0. The number of thioether (sulfide) groups is 1. The van der Waals surface area contributed by atoms with Crippen molar-refractivity contribution in [1.82, 2.24) is 9.97 Å². The summed E-state index contributed by atoms with van der Waals surface area (Å²) in [6.45, 7) is 1.81. The highest BCUT2D eigenvalue weighted by Crippen LogP contribution is 2.37. The quantitative estimate of drug-likeness (QED) is 0.399. The van der Waals surface area contributed by atoms with Gasteiger partial charge in [-0.25, -0.2) is 14.8 Å². The molecule has 0 aliphatic heterocycles. The second-order valence-corrected chi connectivity index (χ2v) is 8.05. The summed E-state index contributed by atoms with van der Waals surface area (Å²) in [5, 5.41) is 8.45. The molecule has 168 valence electrons. The fourth-order valence-corrected chi connectivity index (χ4v) is 3.20. The number of carbonyl (C=O) groups is 1. The predicted molar refractivity (Wildman–Crippen MR) is 122 cm³/mol. The molecule has 1 heterocycles. The maximum Gasteiger partial charge on any atom is 0.446 e. The van der Waals surface area contributed by atoms with Gasteiger partial charge in [-0.05, 0) is 67.2 Å². The van der Waals surface area contributed by atoms with Gasteiger partial charge in [-0.3, -0.25) is 0 Å². The van der Waals surface area contributed by atoms with Gasteiger partial charge in [-0.15, -0.1) is 0 Å². The van der Waals surface area contributed by atoms with Crippen LogP contribution in [0.3, 0.4) is 0 Å². The van der Waals surface area contributed by atoms with Crippen molar-refractivity contribution in [2.45, 2.75) is 17.3 Å². The SMILES string of the molecule is Cc1nc(Nc2ccc(NC(=O)Nc3ccc(SC(F)(F)F)cc3)cc2)cc(N(C)C)n1. The first kappa shape index (κ1) is 23.2. The van der Waals surface area contributed by atoms with Crippen molar-refractivity contribution in [2.24, 2.45) is 0 Å². The summed E-state index contributed by atoms with van der Waals surface area (Å²) >= 11 is -0.209. The van der Waals surface area contributed by atoms with Crippen LogP contribution < -0.4 is 20.9 Å². The Hall–Kier alpha value is -3.47. The van der Waals surface area contributed by atoms with Crippen molar-refractivity contribution in [1.29, 1.82) is 0 Å². The van der Waals surface area contributed by atoms with Crippen LogP contribution in [0.1, 0.15) is 5.82 Å². The Morgan fingerprint density at radius 3 is 1.97 bits per heavy atom. The monoisotopic (exact) mass is 462 g/mol. The lowest BCUT2D eigenvalue weighted by molar-refractivity contribution is -0.0328. The number of aromatic nitrogens is 2. The lowest BCUT2D eigenvalue weighted by Gasteiger charge is -2.14. The van der Waals surface area contributed by atoms with Crippen LogP contribution >= 0.6 is 11.8 Å². The van der Waals surface area contributed by atoms with Gasteiger partial charge in [0.25, 0.3) is 0 Å². The minimum atomic E-state index is -4.35. The van der Waals surface area contributed by atoms with Gasteiger partial charge in [-0.2, -0.15) is 13.2 Å². The third kappa shape index (κ3) is 7.05. The Balaban J connectivity index is 1.57. The van der Waals surface area contributed by atoms with Crippen LogP contribution in [0.15, 0.2) is 59.5 Å². The Bertz CT molecular complexity index is 1070. The number of aryl methyl sites for hydroxylation is 1. The summed E-state index contributed by atoms with van der Waals surface area (Å²) in [6, 6.07) is 13.7. The smallest absolute Gasteiger partial charge is 0.363 e. The van der Waals surface area contributed by atoms with Gasteiger partial charge in [0.05, 0.1) is 0 Å². The van der Waals surface area contributed by atoms with Crippen molar-refractivity contribution in [3.05, 3.63) is 60.4 Å². The van der Waals surface area contributed by atoms with Crippen molar-refractivity contribution >= 4 is 46.5 Å². The van der Waals surface area contributed by atoms with Gasteiger partial charge >= 0.3 is 11.5 Å². The molecule has 1 aromatic heterocycles. The summed E-state index contributed by atoms with van der Waals surface area (Å²) in [5.74, 6) is 2.06. The van der Waals surface area contributed by atoms with E-state index in [0.717, 1.165) is 11.5 Å². The highest BCUT2D eigenvalue weighted by atomic mass is 32.2. The number of amides is 2. The van der Waals surface area contributed by atoms with E-state index in [4.69, 9.17) is 0 Å². The number of nitrogens with zero attached hydrogens (tertiary/aromatic N) is 3. The Morgan fingerprint density at radius 1 is 0.906 bits per heavy atom. The maximum absolute atomic E-state index is 12.4. The van der Waals surface area contributed by atoms with Crippen LogP contribution in [0, 0.1) is 6.92 Å². The summed E-state index contributed by atoms with van der Waals surface area (Å²) < 4.78 is 37.1. The minimum Gasteiger partial charge on any atom is -0.363 e. The Kier molecular flexibility index (Phi) is 7.08. The number of nitrogens with one attached hydrogen (secondary N) is 3. The lowest BCUT2D eigenvalue weighted by atomic mass is 10.2. The van der Waals surface area contributed by atoms with E-state index in [1.54, 1.807) is 24.3 Å². The zero-order chi connectivity index (χ0) is 23.3. The number of carbonyl (C=O) groups excluding carboxylic acids is 1. The molecule has 11 heteroatoms. The first-order valence-electron chi connectivity index (χ1n) is 9.41. The Morgan fingerprint density at radius 2 is 1.44 bits per heavy atom. The van der Waals surface area contributed by atoms with Crippen LogP contribution in [0.2, 0.25) is 0 Å². The van der Waals surface area contributed by atoms with Gasteiger partial charge in [0.2, 0.25) is 0 Å². The number of alkyl halides is 3. The molecule has 0 atom stereocenters. The molecule has 0 aliphatic carbocycles. The van der Waals surface area contributed by atoms with Crippen molar-refractivity contribution in [3.8, 4) is 0 Å². The normalized spacial score (nSPS) is 11.1. The first-order valence-corrected chi connectivity index (χ1v) is 10.2. The van der Waals surface area contributed by atoms with Gasteiger partial charge in [0.15, 0.2) is 0 Å². The maximum atomic E-state index is 12.4. The van der Waals surface area contributed by atoms with E-state index in [-0.39, 0.29) is 16.7 Å². The van der Waals surface area contributed by atoms with Gasteiger partial charge < -0.3 is 20.9 Å². The summed E-state index contributed by atoms with van der Waals surface area (Å²) in [5.41, 5.74) is -2.65.